The second-order valence-corrected chi connectivity index (χ2v) is 5.58. The fraction of sp³-hybridized carbons (Fsp3) is 0.875. The highest BCUT2D eigenvalue weighted by molar-refractivity contribution is 4.99. The van der Waals surface area contributed by atoms with Gasteiger partial charge in [0.15, 0.2) is 0 Å². The van der Waals surface area contributed by atoms with Crippen LogP contribution < -0.4 is 5.32 Å². The lowest BCUT2D eigenvalue weighted by molar-refractivity contribution is -0.0462. The van der Waals surface area contributed by atoms with Crippen molar-refractivity contribution in [3.05, 3.63) is 12.2 Å². The van der Waals surface area contributed by atoms with Crippen LogP contribution in [0.25, 0.3) is 0 Å². The third-order valence-electron chi connectivity index (χ3n) is 3.83. The van der Waals surface area contributed by atoms with Gasteiger partial charge in [-0.3, -0.25) is 4.90 Å². The van der Waals surface area contributed by atoms with Gasteiger partial charge in [-0.15, -0.1) is 0 Å². The van der Waals surface area contributed by atoms with E-state index in [1.54, 1.807) is 0 Å². The normalized spacial score (nSPS) is 22.4. The van der Waals surface area contributed by atoms with Crippen LogP contribution in [0.1, 0.15) is 46.5 Å². The number of nitrogens with one attached hydrogen (secondary N) is 1. The van der Waals surface area contributed by atoms with Crippen molar-refractivity contribution in [1.82, 2.24) is 10.2 Å². The Bertz CT molecular complexity index is 253. The minimum Gasteiger partial charge on any atom is -0.374 e. The molecule has 0 radical (unpaired) electrons. The lowest BCUT2D eigenvalue weighted by Crippen LogP contribution is -2.52. The summed E-state index contributed by atoms with van der Waals surface area (Å²) >= 11 is 0. The predicted molar refractivity (Wildman–Crippen MR) is 82.6 cm³/mol. The Morgan fingerprint density at radius 2 is 2.16 bits per heavy atom. The van der Waals surface area contributed by atoms with Crippen molar-refractivity contribution in [2.45, 2.75) is 58.6 Å². The molecule has 1 rings (SSSR count). The quantitative estimate of drug-likeness (QED) is 0.651. The van der Waals surface area contributed by atoms with Crippen molar-refractivity contribution in [1.29, 1.82) is 0 Å². The van der Waals surface area contributed by atoms with E-state index in [0.717, 1.165) is 39.1 Å². The van der Waals surface area contributed by atoms with Crippen LogP contribution in [0.3, 0.4) is 0 Å². The van der Waals surface area contributed by atoms with Gasteiger partial charge < -0.3 is 10.1 Å². The first-order chi connectivity index (χ1) is 9.21. The van der Waals surface area contributed by atoms with E-state index in [1.807, 2.05) is 0 Å². The van der Waals surface area contributed by atoms with Crippen molar-refractivity contribution in [3.8, 4) is 0 Å². The van der Waals surface area contributed by atoms with Gasteiger partial charge in [-0.2, -0.15) is 0 Å². The molecule has 1 aliphatic heterocycles. The van der Waals surface area contributed by atoms with E-state index in [-0.39, 0.29) is 0 Å². The molecule has 1 saturated heterocycles. The van der Waals surface area contributed by atoms with Gasteiger partial charge in [0.2, 0.25) is 0 Å². The van der Waals surface area contributed by atoms with Crippen LogP contribution in [0, 0.1) is 0 Å². The maximum absolute atomic E-state index is 6.01. The Balaban J connectivity index is 2.53. The molecule has 3 nitrogen and oxygen atoms in total. The summed E-state index contributed by atoms with van der Waals surface area (Å²) in [7, 11) is 0. The molecule has 1 heterocycles. The van der Waals surface area contributed by atoms with Crippen molar-refractivity contribution in [2.75, 3.05) is 32.8 Å². The van der Waals surface area contributed by atoms with Crippen LogP contribution in [-0.4, -0.2) is 49.8 Å². The van der Waals surface area contributed by atoms with Crippen LogP contribution in [0.15, 0.2) is 12.2 Å². The monoisotopic (exact) mass is 268 g/mol. The molecule has 0 spiro atoms. The first kappa shape index (κ1) is 16.7. The highest BCUT2D eigenvalue weighted by Crippen LogP contribution is 2.16. The number of nitrogens with zero attached hydrogens (tertiary/aromatic N) is 1. The summed E-state index contributed by atoms with van der Waals surface area (Å²) in [5.41, 5.74) is 1.32. The number of morpholine rings is 1. The summed E-state index contributed by atoms with van der Waals surface area (Å²) in [6.45, 7) is 16.1. The van der Waals surface area contributed by atoms with Crippen LogP contribution in [0.5, 0.6) is 0 Å². The third-order valence-corrected chi connectivity index (χ3v) is 3.83. The molecular formula is C16H32N2O. The topological polar surface area (TPSA) is 24.5 Å². The first-order valence-electron chi connectivity index (χ1n) is 7.95. The van der Waals surface area contributed by atoms with E-state index < -0.39 is 0 Å². The molecule has 1 aliphatic rings. The zero-order valence-electron chi connectivity index (χ0n) is 13.1. The molecule has 0 aromatic rings. The molecule has 1 N–H and O–H groups in total. The van der Waals surface area contributed by atoms with Crippen molar-refractivity contribution >= 4 is 0 Å². The molecule has 3 heteroatoms. The molecule has 19 heavy (non-hydrogen) atoms. The molecule has 0 bridgehead atoms. The Kier molecular flexibility index (Phi) is 8.35. The Hall–Kier alpha value is -0.380. The smallest absolute Gasteiger partial charge is 0.0858 e. The van der Waals surface area contributed by atoms with Gasteiger partial charge in [-0.25, -0.2) is 0 Å². The fourth-order valence-corrected chi connectivity index (χ4v) is 2.61. The maximum atomic E-state index is 6.01. The number of hydrogen-bond acceptors (Lipinski definition) is 3. The van der Waals surface area contributed by atoms with Gasteiger partial charge in [-0.05, 0) is 38.8 Å². The summed E-state index contributed by atoms with van der Waals surface area (Å²) in [6.07, 6.45) is 4.81. The van der Waals surface area contributed by atoms with Gasteiger partial charge in [0.25, 0.3) is 0 Å². The third kappa shape index (κ3) is 6.07. The zero-order chi connectivity index (χ0) is 14.1. The van der Waals surface area contributed by atoms with Gasteiger partial charge in [0, 0.05) is 19.1 Å². The van der Waals surface area contributed by atoms with Gasteiger partial charge >= 0.3 is 0 Å². The SMILES string of the molecule is C=C(CC)CC(NCCC)C1CN(CCC)CCO1. The minimum absolute atomic E-state index is 0.315. The molecule has 0 aromatic heterocycles. The van der Waals surface area contributed by atoms with E-state index in [0.29, 0.717) is 12.1 Å². The second kappa shape index (κ2) is 9.51. The average molecular weight is 268 g/mol. The number of rotatable bonds is 9. The van der Waals surface area contributed by atoms with Gasteiger partial charge in [-0.1, -0.05) is 32.9 Å². The first-order valence-corrected chi connectivity index (χ1v) is 7.95. The standard InChI is InChI=1S/C16H32N2O/c1-5-8-17-15(12-14(4)7-3)16-13-18(9-6-2)10-11-19-16/h15-17H,4-13H2,1-3H3. The lowest BCUT2D eigenvalue weighted by Gasteiger charge is -2.37. The predicted octanol–water partition coefficient (Wildman–Crippen LogP) is 2.82. The minimum atomic E-state index is 0.315. The Labute approximate surface area is 119 Å². The van der Waals surface area contributed by atoms with E-state index >= 15 is 0 Å². The van der Waals surface area contributed by atoms with Crippen molar-refractivity contribution in [3.63, 3.8) is 0 Å². The molecule has 0 aromatic carbocycles. The average Bonchev–Trinajstić information content (AvgIpc) is 2.43. The lowest BCUT2D eigenvalue weighted by atomic mass is 9.99. The van der Waals surface area contributed by atoms with Gasteiger partial charge in [0.05, 0.1) is 12.7 Å². The summed E-state index contributed by atoms with van der Waals surface area (Å²) in [5.74, 6) is 0. The largest absolute Gasteiger partial charge is 0.374 e. The van der Waals surface area contributed by atoms with E-state index in [9.17, 15) is 0 Å². The van der Waals surface area contributed by atoms with Crippen molar-refractivity contribution in [2.24, 2.45) is 0 Å². The summed E-state index contributed by atoms with van der Waals surface area (Å²) in [5, 5.41) is 3.65. The zero-order valence-corrected chi connectivity index (χ0v) is 13.1. The van der Waals surface area contributed by atoms with E-state index in [1.165, 1.54) is 25.0 Å². The number of ether oxygens (including phenoxy) is 1. The molecule has 1 fully saturated rings. The van der Waals surface area contributed by atoms with Crippen LogP contribution in [0.2, 0.25) is 0 Å². The van der Waals surface area contributed by atoms with E-state index in [4.69, 9.17) is 4.74 Å². The van der Waals surface area contributed by atoms with E-state index in [2.05, 4.69) is 37.6 Å². The highest BCUT2D eigenvalue weighted by atomic mass is 16.5. The van der Waals surface area contributed by atoms with Crippen molar-refractivity contribution < 1.29 is 4.74 Å². The van der Waals surface area contributed by atoms with Crippen LogP contribution in [-0.2, 0) is 4.74 Å². The Morgan fingerprint density at radius 3 is 2.79 bits per heavy atom. The summed E-state index contributed by atoms with van der Waals surface area (Å²) in [4.78, 5) is 2.53. The molecule has 0 aliphatic carbocycles. The number of hydrogen-bond donors (Lipinski definition) is 1. The summed E-state index contributed by atoms with van der Waals surface area (Å²) in [6, 6.07) is 0.423. The molecular weight excluding hydrogens is 236 g/mol. The molecule has 0 amide bonds. The van der Waals surface area contributed by atoms with Crippen LogP contribution >= 0.6 is 0 Å². The maximum Gasteiger partial charge on any atom is 0.0858 e. The molecule has 2 atom stereocenters. The molecule has 2 unspecified atom stereocenters. The highest BCUT2D eigenvalue weighted by Gasteiger charge is 2.27. The summed E-state index contributed by atoms with van der Waals surface area (Å²) < 4.78 is 6.01. The second-order valence-electron chi connectivity index (χ2n) is 5.58. The molecule has 112 valence electrons. The van der Waals surface area contributed by atoms with Gasteiger partial charge in [0.1, 0.15) is 0 Å². The van der Waals surface area contributed by atoms with Crippen LogP contribution in [0.4, 0.5) is 0 Å². The Morgan fingerprint density at radius 1 is 1.37 bits per heavy atom. The molecule has 0 saturated carbocycles. The fourth-order valence-electron chi connectivity index (χ4n) is 2.61.